The van der Waals surface area contributed by atoms with E-state index in [0.717, 1.165) is 37.6 Å². The zero-order chi connectivity index (χ0) is 12.1. The van der Waals surface area contributed by atoms with Gasteiger partial charge in [0.1, 0.15) is 5.84 Å². The fraction of sp³-hybridized carbons (Fsp3) is 0.333. The molecule has 1 heterocycles. The maximum Gasteiger partial charge on any atom is 0.207 e. The first kappa shape index (κ1) is 11.9. The molecular weight excluding hydrogens is 236 g/mol. The molecule has 0 N–H and O–H groups in total. The molecule has 0 unspecified atom stereocenters. The molecule has 1 saturated heterocycles. The van der Waals surface area contributed by atoms with Gasteiger partial charge < -0.3 is 4.90 Å². The first-order chi connectivity index (χ1) is 8.31. The van der Waals surface area contributed by atoms with Gasteiger partial charge in [-0.25, -0.2) is 4.42 Å². The van der Waals surface area contributed by atoms with Crippen LogP contribution in [0.5, 0.6) is 0 Å². The van der Waals surface area contributed by atoms with Gasteiger partial charge in [-0.2, -0.15) is 10.3 Å². The van der Waals surface area contributed by atoms with Gasteiger partial charge in [0.05, 0.1) is 0 Å². The third-order valence-corrected chi connectivity index (χ3v) is 3.05. The summed E-state index contributed by atoms with van der Waals surface area (Å²) in [6, 6.07) is 9.76. The van der Waals surface area contributed by atoms with Crippen LogP contribution >= 0.6 is 11.8 Å². The molecule has 1 fully saturated rings. The number of halogens is 1. The van der Waals surface area contributed by atoms with Crippen LogP contribution in [0.4, 0.5) is 0 Å². The van der Waals surface area contributed by atoms with E-state index < -0.39 is 0 Å². The SMILES string of the molecule is N#CN=C(c1ccccc1)N1CCN(Cl)CC1. The van der Waals surface area contributed by atoms with Gasteiger partial charge in [-0.05, 0) is 11.8 Å². The lowest BCUT2D eigenvalue weighted by Gasteiger charge is -2.32. The lowest BCUT2D eigenvalue weighted by molar-refractivity contribution is 0.275. The molecule has 0 saturated carbocycles. The summed E-state index contributed by atoms with van der Waals surface area (Å²) in [5.74, 6) is 0.734. The van der Waals surface area contributed by atoms with Crippen LogP contribution < -0.4 is 0 Å². The van der Waals surface area contributed by atoms with Crippen molar-refractivity contribution in [3.8, 4) is 6.19 Å². The van der Waals surface area contributed by atoms with E-state index in [1.165, 1.54) is 0 Å². The summed E-state index contributed by atoms with van der Waals surface area (Å²) in [5, 5.41) is 8.78. The molecule has 1 aliphatic rings. The number of rotatable bonds is 1. The molecule has 0 spiro atoms. The van der Waals surface area contributed by atoms with Crippen LogP contribution in [0.1, 0.15) is 5.56 Å². The Balaban J connectivity index is 2.20. The molecule has 0 radical (unpaired) electrons. The summed E-state index contributed by atoms with van der Waals surface area (Å²) in [5.41, 5.74) is 0.970. The Labute approximate surface area is 106 Å². The van der Waals surface area contributed by atoms with Gasteiger partial charge >= 0.3 is 0 Å². The Kier molecular flexibility index (Phi) is 3.97. The van der Waals surface area contributed by atoms with E-state index >= 15 is 0 Å². The highest BCUT2D eigenvalue weighted by Crippen LogP contribution is 2.10. The van der Waals surface area contributed by atoms with E-state index in [2.05, 4.69) is 9.89 Å². The fourth-order valence-corrected chi connectivity index (χ4v) is 2.00. The molecule has 17 heavy (non-hydrogen) atoms. The molecule has 1 aliphatic heterocycles. The van der Waals surface area contributed by atoms with Crippen molar-refractivity contribution in [3.63, 3.8) is 0 Å². The molecule has 0 aromatic heterocycles. The van der Waals surface area contributed by atoms with Gasteiger partial charge in [0.25, 0.3) is 0 Å². The van der Waals surface area contributed by atoms with Crippen molar-refractivity contribution in [2.45, 2.75) is 0 Å². The van der Waals surface area contributed by atoms with E-state index in [1.807, 2.05) is 36.5 Å². The predicted octanol–water partition coefficient (Wildman–Crippen LogP) is 1.69. The topological polar surface area (TPSA) is 42.6 Å². The summed E-state index contributed by atoms with van der Waals surface area (Å²) >= 11 is 5.91. The average Bonchev–Trinajstić information content (AvgIpc) is 2.38. The van der Waals surface area contributed by atoms with E-state index in [4.69, 9.17) is 17.0 Å². The number of aliphatic imine (C=N–C) groups is 1. The first-order valence-electron chi connectivity index (χ1n) is 5.49. The minimum absolute atomic E-state index is 0.734. The van der Waals surface area contributed by atoms with Gasteiger partial charge in [0, 0.05) is 31.7 Å². The van der Waals surface area contributed by atoms with Crippen molar-refractivity contribution < 1.29 is 0 Å². The van der Waals surface area contributed by atoms with Gasteiger partial charge in [0.15, 0.2) is 0 Å². The van der Waals surface area contributed by atoms with E-state index in [9.17, 15) is 0 Å². The summed E-state index contributed by atoms with van der Waals surface area (Å²) in [7, 11) is 0. The van der Waals surface area contributed by atoms with Crippen LogP contribution in [-0.4, -0.2) is 41.3 Å². The quantitative estimate of drug-likeness (QED) is 0.329. The third kappa shape index (κ3) is 2.96. The number of nitrogens with zero attached hydrogens (tertiary/aromatic N) is 4. The summed E-state index contributed by atoms with van der Waals surface area (Å²) in [4.78, 5) is 6.02. The molecule has 0 aliphatic carbocycles. The molecule has 0 amide bonds. The number of hydrogen-bond donors (Lipinski definition) is 0. The molecule has 0 atom stereocenters. The fourth-order valence-electron chi connectivity index (χ4n) is 1.85. The number of piperazine rings is 1. The molecule has 88 valence electrons. The van der Waals surface area contributed by atoms with Gasteiger partial charge in [-0.1, -0.05) is 30.3 Å². The van der Waals surface area contributed by atoms with Crippen LogP contribution in [0.25, 0.3) is 0 Å². The van der Waals surface area contributed by atoms with E-state index in [1.54, 1.807) is 4.42 Å². The number of nitriles is 1. The molecule has 4 nitrogen and oxygen atoms in total. The lowest BCUT2D eigenvalue weighted by Crippen LogP contribution is -2.45. The normalized spacial score (nSPS) is 17.9. The van der Waals surface area contributed by atoms with Crippen molar-refractivity contribution in [1.82, 2.24) is 9.32 Å². The lowest BCUT2D eigenvalue weighted by atomic mass is 10.2. The number of hydrogen-bond acceptors (Lipinski definition) is 3. The second kappa shape index (κ2) is 5.67. The van der Waals surface area contributed by atoms with E-state index in [0.29, 0.717) is 0 Å². The number of benzene rings is 1. The maximum atomic E-state index is 8.78. The van der Waals surface area contributed by atoms with Crippen molar-refractivity contribution in [1.29, 1.82) is 5.26 Å². The van der Waals surface area contributed by atoms with Crippen LogP contribution in [0.15, 0.2) is 35.3 Å². The smallest absolute Gasteiger partial charge is 0.207 e. The largest absolute Gasteiger partial charge is 0.353 e. The van der Waals surface area contributed by atoms with Gasteiger partial charge in [-0.3, -0.25) is 0 Å². The van der Waals surface area contributed by atoms with Crippen molar-refractivity contribution in [3.05, 3.63) is 35.9 Å². The Bertz CT molecular complexity index is 430. The summed E-state index contributed by atoms with van der Waals surface area (Å²) < 4.78 is 1.76. The first-order valence-corrected chi connectivity index (χ1v) is 5.83. The Morgan fingerprint density at radius 2 is 1.82 bits per heavy atom. The second-order valence-corrected chi connectivity index (χ2v) is 4.28. The van der Waals surface area contributed by atoms with Gasteiger partial charge in [-0.15, -0.1) is 0 Å². The molecule has 0 bridgehead atoms. The zero-order valence-electron chi connectivity index (χ0n) is 9.38. The predicted molar refractivity (Wildman–Crippen MR) is 67.6 cm³/mol. The van der Waals surface area contributed by atoms with Crippen molar-refractivity contribution >= 4 is 17.6 Å². The summed E-state index contributed by atoms with van der Waals surface area (Å²) in [6.45, 7) is 3.13. The Morgan fingerprint density at radius 1 is 1.18 bits per heavy atom. The van der Waals surface area contributed by atoms with E-state index in [-0.39, 0.29) is 0 Å². The molecule has 1 aromatic rings. The average molecular weight is 249 g/mol. The minimum Gasteiger partial charge on any atom is -0.353 e. The number of amidine groups is 1. The molecular formula is C12H13ClN4. The third-order valence-electron chi connectivity index (χ3n) is 2.71. The van der Waals surface area contributed by atoms with Crippen molar-refractivity contribution in [2.75, 3.05) is 26.2 Å². The highest BCUT2D eigenvalue weighted by molar-refractivity contribution is 6.13. The maximum absolute atomic E-state index is 8.78. The van der Waals surface area contributed by atoms with Crippen LogP contribution in [0.3, 0.4) is 0 Å². The van der Waals surface area contributed by atoms with Crippen LogP contribution in [-0.2, 0) is 0 Å². The molecule has 5 heteroatoms. The van der Waals surface area contributed by atoms with Gasteiger partial charge in [0.2, 0.25) is 6.19 Å². The molecule has 1 aromatic carbocycles. The standard InChI is InChI=1S/C12H13ClN4/c13-17-8-6-16(7-9-17)12(15-10-14)11-4-2-1-3-5-11/h1-5H,6-9H2. The highest BCUT2D eigenvalue weighted by atomic mass is 35.5. The monoisotopic (exact) mass is 248 g/mol. The second-order valence-electron chi connectivity index (χ2n) is 3.80. The molecule has 2 rings (SSSR count). The Hall–Kier alpha value is -1.57. The Morgan fingerprint density at radius 3 is 2.41 bits per heavy atom. The zero-order valence-corrected chi connectivity index (χ0v) is 10.1. The van der Waals surface area contributed by atoms with Crippen LogP contribution in [0, 0.1) is 11.5 Å². The summed E-state index contributed by atoms with van der Waals surface area (Å²) in [6.07, 6.45) is 1.87. The van der Waals surface area contributed by atoms with Crippen molar-refractivity contribution in [2.24, 2.45) is 4.99 Å². The van der Waals surface area contributed by atoms with Crippen LogP contribution in [0.2, 0.25) is 0 Å². The minimum atomic E-state index is 0.734. The highest BCUT2D eigenvalue weighted by Gasteiger charge is 2.19.